The van der Waals surface area contributed by atoms with E-state index in [1.807, 2.05) is 32.9 Å². The van der Waals surface area contributed by atoms with E-state index in [9.17, 15) is 15.0 Å². The topological polar surface area (TPSA) is 66.8 Å². The number of ketones is 1. The van der Waals surface area contributed by atoms with Gasteiger partial charge in [-0.25, -0.2) is 0 Å². The van der Waals surface area contributed by atoms with Crippen LogP contribution >= 0.6 is 0 Å². The number of aromatic hydroxyl groups is 1. The van der Waals surface area contributed by atoms with Crippen LogP contribution in [0, 0.1) is 6.92 Å². The van der Waals surface area contributed by atoms with Gasteiger partial charge in [0, 0.05) is 12.0 Å². The average molecular weight is 342 g/mol. The second kappa shape index (κ2) is 8.17. The maximum Gasteiger partial charge on any atom is 0.184 e. The zero-order chi connectivity index (χ0) is 18.6. The number of hydrogen-bond acceptors (Lipinski definition) is 4. The minimum atomic E-state index is -1.00. The first-order chi connectivity index (χ1) is 11.8. The van der Waals surface area contributed by atoms with Gasteiger partial charge in [0.15, 0.2) is 5.78 Å². The van der Waals surface area contributed by atoms with Gasteiger partial charge in [-0.05, 0) is 62.9 Å². The quantitative estimate of drug-likeness (QED) is 0.743. The molecule has 1 aromatic rings. The van der Waals surface area contributed by atoms with Crippen LogP contribution in [0.5, 0.6) is 5.75 Å². The van der Waals surface area contributed by atoms with Gasteiger partial charge < -0.3 is 14.9 Å². The summed E-state index contributed by atoms with van der Waals surface area (Å²) in [6.45, 7) is 9.73. The second-order valence-corrected chi connectivity index (χ2v) is 6.67. The Morgan fingerprint density at radius 1 is 1.28 bits per heavy atom. The molecular formula is C21H26O4. The summed E-state index contributed by atoms with van der Waals surface area (Å²) in [5.74, 6) is 0.445. The predicted octanol–water partition coefficient (Wildman–Crippen LogP) is 4.15. The normalized spacial score (nSPS) is 26.0. The molecule has 0 fully saturated rings. The zero-order valence-corrected chi connectivity index (χ0v) is 15.1. The maximum absolute atomic E-state index is 12.0. The molecule has 25 heavy (non-hydrogen) atoms. The van der Waals surface area contributed by atoms with Crippen molar-refractivity contribution < 1.29 is 19.7 Å². The first-order valence-corrected chi connectivity index (χ1v) is 8.53. The lowest BCUT2D eigenvalue weighted by Crippen LogP contribution is -2.18. The van der Waals surface area contributed by atoms with Crippen LogP contribution in [0.2, 0.25) is 0 Å². The highest BCUT2D eigenvalue weighted by Gasteiger charge is 2.16. The molecule has 0 aromatic heterocycles. The lowest BCUT2D eigenvalue weighted by molar-refractivity contribution is -0.122. The summed E-state index contributed by atoms with van der Waals surface area (Å²) >= 11 is 0. The number of aliphatic hydroxyl groups is 1. The van der Waals surface area contributed by atoms with E-state index in [2.05, 4.69) is 6.58 Å². The van der Waals surface area contributed by atoms with Crippen LogP contribution in [0.3, 0.4) is 0 Å². The SMILES string of the molecule is C=C1O[C@@H](C)C/C(C)=C\C(=O)[C@@H](O)CC/C=C/c2cc(O)cc(C)c21. The van der Waals surface area contributed by atoms with E-state index in [4.69, 9.17) is 4.74 Å². The van der Waals surface area contributed by atoms with Crippen LogP contribution in [0.15, 0.2) is 36.4 Å². The van der Waals surface area contributed by atoms with E-state index in [0.717, 1.165) is 22.3 Å². The minimum absolute atomic E-state index is 0.165. The van der Waals surface area contributed by atoms with Gasteiger partial charge in [-0.3, -0.25) is 4.79 Å². The van der Waals surface area contributed by atoms with Gasteiger partial charge in [-0.1, -0.05) is 24.3 Å². The number of benzene rings is 1. The maximum atomic E-state index is 12.0. The Balaban J connectivity index is 2.42. The third kappa shape index (κ3) is 5.07. The third-order valence-corrected chi connectivity index (χ3v) is 4.20. The van der Waals surface area contributed by atoms with E-state index >= 15 is 0 Å². The molecule has 0 spiro atoms. The van der Waals surface area contributed by atoms with Crippen LogP contribution in [0.4, 0.5) is 0 Å². The molecule has 2 atom stereocenters. The second-order valence-electron chi connectivity index (χ2n) is 6.67. The van der Waals surface area contributed by atoms with Crippen molar-refractivity contribution in [2.75, 3.05) is 0 Å². The summed E-state index contributed by atoms with van der Waals surface area (Å²) < 4.78 is 5.95. The lowest BCUT2D eigenvalue weighted by Gasteiger charge is -2.20. The monoisotopic (exact) mass is 342 g/mol. The Labute approximate surface area is 149 Å². The van der Waals surface area contributed by atoms with Crippen LogP contribution in [-0.4, -0.2) is 28.2 Å². The van der Waals surface area contributed by atoms with Gasteiger partial charge in [0.05, 0.1) is 6.10 Å². The van der Waals surface area contributed by atoms with Crippen molar-refractivity contribution in [2.24, 2.45) is 0 Å². The molecule has 1 aromatic carbocycles. The number of ether oxygens (including phenoxy) is 1. The van der Waals surface area contributed by atoms with Crippen molar-refractivity contribution in [3.05, 3.63) is 53.1 Å². The smallest absolute Gasteiger partial charge is 0.184 e. The molecular weight excluding hydrogens is 316 g/mol. The highest BCUT2D eigenvalue weighted by molar-refractivity contribution is 5.93. The van der Waals surface area contributed by atoms with E-state index in [1.54, 1.807) is 12.1 Å². The molecule has 0 radical (unpaired) electrons. The fraction of sp³-hybridized carbons (Fsp3) is 0.381. The molecule has 0 bridgehead atoms. The molecule has 2 N–H and O–H groups in total. The molecule has 1 heterocycles. The first-order valence-electron chi connectivity index (χ1n) is 8.53. The number of hydrogen-bond donors (Lipinski definition) is 2. The van der Waals surface area contributed by atoms with Crippen molar-refractivity contribution in [1.29, 1.82) is 0 Å². The van der Waals surface area contributed by atoms with Gasteiger partial charge in [0.2, 0.25) is 0 Å². The fourth-order valence-corrected chi connectivity index (χ4v) is 3.11. The van der Waals surface area contributed by atoms with Gasteiger partial charge in [-0.15, -0.1) is 0 Å². The highest BCUT2D eigenvalue weighted by Crippen LogP contribution is 2.30. The number of aryl methyl sites for hydroxylation is 1. The Kier molecular flexibility index (Phi) is 6.21. The number of phenols is 1. The number of phenolic OH excluding ortho intramolecular Hbond substituents is 1. The Morgan fingerprint density at radius 3 is 2.72 bits per heavy atom. The summed E-state index contributed by atoms with van der Waals surface area (Å²) in [6.07, 6.45) is 5.57. The van der Waals surface area contributed by atoms with E-state index in [-0.39, 0.29) is 17.6 Å². The van der Waals surface area contributed by atoms with E-state index < -0.39 is 6.10 Å². The number of rotatable bonds is 0. The summed E-state index contributed by atoms with van der Waals surface area (Å²) in [6, 6.07) is 3.35. The zero-order valence-electron chi connectivity index (χ0n) is 15.1. The third-order valence-electron chi connectivity index (χ3n) is 4.20. The predicted molar refractivity (Wildman–Crippen MR) is 100 cm³/mol. The molecule has 0 saturated heterocycles. The highest BCUT2D eigenvalue weighted by atomic mass is 16.5. The summed E-state index contributed by atoms with van der Waals surface area (Å²) in [5.41, 5.74) is 3.40. The molecule has 0 unspecified atom stereocenters. The van der Waals surface area contributed by atoms with Gasteiger partial charge >= 0.3 is 0 Å². The van der Waals surface area contributed by atoms with Gasteiger partial charge in [0.25, 0.3) is 0 Å². The van der Waals surface area contributed by atoms with Crippen molar-refractivity contribution in [1.82, 2.24) is 0 Å². The number of aliphatic hydroxyl groups excluding tert-OH is 1. The minimum Gasteiger partial charge on any atom is -0.508 e. The van der Waals surface area contributed by atoms with E-state index in [0.29, 0.717) is 25.0 Å². The summed E-state index contributed by atoms with van der Waals surface area (Å²) in [4.78, 5) is 12.0. The van der Waals surface area contributed by atoms with Gasteiger partial charge in [-0.2, -0.15) is 0 Å². The largest absolute Gasteiger partial charge is 0.508 e. The fourth-order valence-electron chi connectivity index (χ4n) is 3.11. The number of carbonyl (C=O) groups is 1. The molecule has 0 amide bonds. The van der Waals surface area contributed by atoms with Gasteiger partial charge in [0.1, 0.15) is 17.6 Å². The van der Waals surface area contributed by atoms with Crippen molar-refractivity contribution in [3.8, 4) is 5.75 Å². The summed E-state index contributed by atoms with van der Waals surface area (Å²) in [7, 11) is 0. The van der Waals surface area contributed by atoms with Crippen molar-refractivity contribution in [3.63, 3.8) is 0 Å². The molecule has 4 nitrogen and oxygen atoms in total. The van der Waals surface area contributed by atoms with Crippen molar-refractivity contribution in [2.45, 2.75) is 52.2 Å². The van der Waals surface area contributed by atoms with Crippen molar-refractivity contribution >= 4 is 17.6 Å². The molecule has 0 aliphatic carbocycles. The molecule has 0 saturated carbocycles. The molecule has 1 aliphatic rings. The molecule has 1 aliphatic heterocycles. The standard InChI is InChI=1S/C21H26O4/c1-13-9-15(3)25-16(4)21-14(2)11-18(22)12-17(21)7-5-6-8-19(23)20(24)10-13/h5,7,10-12,15,19,22-23H,4,6,8-9H2,1-3H3/b7-5+,13-10-/t15-,19-/m0/s1. The Bertz CT molecular complexity index is 728. The molecule has 134 valence electrons. The Hall–Kier alpha value is -2.33. The molecule has 4 heteroatoms. The lowest BCUT2D eigenvalue weighted by atomic mass is 9.98. The van der Waals surface area contributed by atoms with Crippen LogP contribution in [-0.2, 0) is 9.53 Å². The van der Waals surface area contributed by atoms with Crippen LogP contribution < -0.4 is 0 Å². The Morgan fingerprint density at radius 2 is 2.00 bits per heavy atom. The molecule has 2 rings (SSSR count). The summed E-state index contributed by atoms with van der Waals surface area (Å²) in [5, 5.41) is 19.9. The van der Waals surface area contributed by atoms with E-state index in [1.165, 1.54) is 6.08 Å². The number of fused-ring (bicyclic) bond motifs is 1. The first kappa shape index (κ1) is 19.0. The average Bonchev–Trinajstić information content (AvgIpc) is 2.49. The number of carbonyl (C=O) groups excluding carboxylic acids is 1. The van der Waals surface area contributed by atoms with Crippen LogP contribution in [0.1, 0.15) is 49.8 Å². The number of allylic oxidation sites excluding steroid dienone is 1. The van der Waals surface area contributed by atoms with Crippen LogP contribution in [0.25, 0.3) is 11.8 Å².